The van der Waals surface area contributed by atoms with Gasteiger partial charge in [-0.1, -0.05) is 30.3 Å². The van der Waals surface area contributed by atoms with Gasteiger partial charge in [0.1, 0.15) is 17.4 Å². The van der Waals surface area contributed by atoms with Crippen molar-refractivity contribution in [1.82, 2.24) is 4.98 Å². The molecule has 0 saturated carbocycles. The second-order valence-corrected chi connectivity index (χ2v) is 6.24. The number of aromatic nitrogens is 1. The first-order chi connectivity index (χ1) is 10.3. The minimum absolute atomic E-state index is 0.159. The molecule has 1 unspecified atom stereocenters. The predicted octanol–water partition coefficient (Wildman–Crippen LogP) is 3.58. The van der Waals surface area contributed by atoms with E-state index in [2.05, 4.69) is 4.98 Å². The standard InChI is InChI=1S/C17H13NO2S/c19-14(12-10-20-15-7-3-1-5-11(12)15)9-17-18-13-6-2-4-8-16(13)21-17/h1-8,12H,9-10H2. The summed E-state index contributed by atoms with van der Waals surface area (Å²) in [6, 6.07) is 15.7. The van der Waals surface area contributed by atoms with E-state index in [1.54, 1.807) is 11.3 Å². The Morgan fingerprint density at radius 2 is 2.00 bits per heavy atom. The highest BCUT2D eigenvalue weighted by Gasteiger charge is 2.30. The van der Waals surface area contributed by atoms with Crippen molar-refractivity contribution in [1.29, 1.82) is 0 Å². The van der Waals surface area contributed by atoms with Gasteiger partial charge in [-0.05, 0) is 18.2 Å². The summed E-state index contributed by atoms with van der Waals surface area (Å²) in [7, 11) is 0. The van der Waals surface area contributed by atoms with E-state index in [0.717, 1.165) is 26.5 Å². The number of ketones is 1. The molecule has 3 nitrogen and oxygen atoms in total. The number of rotatable bonds is 3. The maximum atomic E-state index is 12.5. The van der Waals surface area contributed by atoms with Crippen molar-refractivity contribution in [2.45, 2.75) is 12.3 Å². The number of carbonyl (C=O) groups is 1. The van der Waals surface area contributed by atoms with E-state index in [4.69, 9.17) is 4.74 Å². The van der Waals surface area contributed by atoms with Crippen LogP contribution in [-0.2, 0) is 11.2 Å². The van der Waals surface area contributed by atoms with Gasteiger partial charge in [-0.3, -0.25) is 4.79 Å². The molecule has 2 aromatic carbocycles. The highest BCUT2D eigenvalue weighted by Crippen LogP contribution is 2.35. The van der Waals surface area contributed by atoms with Gasteiger partial charge in [-0.2, -0.15) is 0 Å². The van der Waals surface area contributed by atoms with Gasteiger partial charge in [-0.15, -0.1) is 11.3 Å². The number of Topliss-reactive ketones (excluding diaryl/α,β-unsaturated/α-hetero) is 1. The lowest BCUT2D eigenvalue weighted by Gasteiger charge is -2.05. The first-order valence-electron chi connectivity index (χ1n) is 6.90. The predicted molar refractivity (Wildman–Crippen MR) is 83.0 cm³/mol. The molecule has 104 valence electrons. The van der Waals surface area contributed by atoms with Gasteiger partial charge in [0.2, 0.25) is 0 Å². The summed E-state index contributed by atoms with van der Waals surface area (Å²) in [5.41, 5.74) is 1.97. The van der Waals surface area contributed by atoms with Gasteiger partial charge in [0.25, 0.3) is 0 Å². The molecule has 0 amide bonds. The number of benzene rings is 2. The number of hydrogen-bond acceptors (Lipinski definition) is 4. The topological polar surface area (TPSA) is 39.2 Å². The molecule has 0 fully saturated rings. The first-order valence-corrected chi connectivity index (χ1v) is 7.72. The van der Waals surface area contributed by atoms with Gasteiger partial charge in [0.15, 0.2) is 5.78 Å². The van der Waals surface area contributed by atoms with E-state index in [-0.39, 0.29) is 11.7 Å². The summed E-state index contributed by atoms with van der Waals surface area (Å²) in [5.74, 6) is 0.854. The third kappa shape index (κ3) is 2.21. The van der Waals surface area contributed by atoms with Gasteiger partial charge < -0.3 is 4.74 Å². The van der Waals surface area contributed by atoms with Crippen molar-refractivity contribution in [3.05, 3.63) is 59.1 Å². The number of carbonyl (C=O) groups excluding carboxylic acids is 1. The average Bonchev–Trinajstić information content (AvgIpc) is 3.10. The third-order valence-electron chi connectivity index (χ3n) is 3.75. The SMILES string of the molecule is O=C(Cc1nc2ccccc2s1)C1COc2ccccc21. The molecule has 1 aliphatic heterocycles. The molecule has 1 atom stereocenters. The Hall–Kier alpha value is -2.20. The van der Waals surface area contributed by atoms with Crippen LogP contribution in [0.4, 0.5) is 0 Å². The molecule has 0 N–H and O–H groups in total. The second-order valence-electron chi connectivity index (χ2n) is 5.12. The van der Waals surface area contributed by atoms with Crippen LogP contribution in [-0.4, -0.2) is 17.4 Å². The Morgan fingerprint density at radius 3 is 2.90 bits per heavy atom. The minimum Gasteiger partial charge on any atom is -0.492 e. The lowest BCUT2D eigenvalue weighted by molar-refractivity contribution is -0.120. The molecule has 1 aliphatic rings. The molecule has 0 aliphatic carbocycles. The van der Waals surface area contributed by atoms with Crippen LogP contribution in [0.3, 0.4) is 0 Å². The molecule has 0 saturated heterocycles. The summed E-state index contributed by atoms with van der Waals surface area (Å²) >= 11 is 1.59. The average molecular weight is 295 g/mol. The van der Waals surface area contributed by atoms with Crippen LogP contribution in [0.1, 0.15) is 16.5 Å². The molecule has 4 rings (SSSR count). The fraction of sp³-hybridized carbons (Fsp3) is 0.176. The number of thiazole rings is 1. The molecule has 1 aromatic heterocycles. The van der Waals surface area contributed by atoms with Crippen molar-refractivity contribution in [2.24, 2.45) is 0 Å². The maximum Gasteiger partial charge on any atom is 0.150 e. The molecular weight excluding hydrogens is 282 g/mol. The van der Waals surface area contributed by atoms with Crippen molar-refractivity contribution < 1.29 is 9.53 Å². The van der Waals surface area contributed by atoms with Crippen LogP contribution in [0, 0.1) is 0 Å². The number of nitrogens with zero attached hydrogens (tertiary/aromatic N) is 1. The zero-order valence-corrected chi connectivity index (χ0v) is 12.1. The molecule has 2 heterocycles. The molecule has 0 radical (unpaired) electrons. The molecular formula is C17H13NO2S. The largest absolute Gasteiger partial charge is 0.492 e. The number of ether oxygens (including phenoxy) is 1. The lowest BCUT2D eigenvalue weighted by Crippen LogP contribution is -2.16. The van der Waals surface area contributed by atoms with Crippen molar-refractivity contribution in [2.75, 3.05) is 6.61 Å². The van der Waals surface area contributed by atoms with Crippen molar-refractivity contribution in [3.8, 4) is 5.75 Å². The van der Waals surface area contributed by atoms with E-state index in [0.29, 0.717) is 13.0 Å². The Bertz CT molecular complexity index is 791. The van der Waals surface area contributed by atoms with E-state index in [1.807, 2.05) is 48.5 Å². The third-order valence-corrected chi connectivity index (χ3v) is 4.79. The van der Waals surface area contributed by atoms with Crippen LogP contribution >= 0.6 is 11.3 Å². The summed E-state index contributed by atoms with van der Waals surface area (Å²) in [5, 5.41) is 0.880. The van der Waals surface area contributed by atoms with Crippen LogP contribution in [0.2, 0.25) is 0 Å². The molecule has 0 bridgehead atoms. The van der Waals surface area contributed by atoms with Crippen molar-refractivity contribution >= 4 is 27.3 Å². The Morgan fingerprint density at radius 1 is 1.19 bits per heavy atom. The van der Waals surface area contributed by atoms with E-state index in [1.165, 1.54) is 0 Å². The molecule has 3 aromatic rings. The highest BCUT2D eigenvalue weighted by molar-refractivity contribution is 7.18. The van der Waals surface area contributed by atoms with Gasteiger partial charge in [0, 0.05) is 5.56 Å². The van der Waals surface area contributed by atoms with E-state index >= 15 is 0 Å². The zero-order chi connectivity index (χ0) is 14.2. The Kier molecular flexibility index (Phi) is 2.97. The summed E-state index contributed by atoms with van der Waals surface area (Å²) < 4.78 is 6.72. The quantitative estimate of drug-likeness (QED) is 0.741. The van der Waals surface area contributed by atoms with Crippen LogP contribution in [0.5, 0.6) is 5.75 Å². The van der Waals surface area contributed by atoms with Gasteiger partial charge >= 0.3 is 0 Å². The normalized spacial score (nSPS) is 16.7. The summed E-state index contributed by atoms with van der Waals surface area (Å²) in [4.78, 5) is 17.1. The molecule has 0 spiro atoms. The van der Waals surface area contributed by atoms with Crippen LogP contribution in [0.15, 0.2) is 48.5 Å². The monoisotopic (exact) mass is 295 g/mol. The smallest absolute Gasteiger partial charge is 0.150 e. The van der Waals surface area contributed by atoms with Gasteiger partial charge in [0.05, 0.1) is 22.6 Å². The summed E-state index contributed by atoms with van der Waals surface area (Å²) in [6.45, 7) is 0.447. The van der Waals surface area contributed by atoms with Crippen LogP contribution < -0.4 is 4.74 Å². The van der Waals surface area contributed by atoms with E-state index < -0.39 is 0 Å². The minimum atomic E-state index is -0.159. The maximum absolute atomic E-state index is 12.5. The molecule has 4 heteroatoms. The zero-order valence-electron chi connectivity index (χ0n) is 11.3. The lowest BCUT2D eigenvalue weighted by atomic mass is 9.95. The number of para-hydroxylation sites is 2. The molecule has 21 heavy (non-hydrogen) atoms. The first kappa shape index (κ1) is 12.5. The fourth-order valence-electron chi connectivity index (χ4n) is 2.70. The van der Waals surface area contributed by atoms with Crippen molar-refractivity contribution in [3.63, 3.8) is 0 Å². The summed E-state index contributed by atoms with van der Waals surface area (Å²) in [6.07, 6.45) is 0.377. The Labute approximate surface area is 126 Å². The van der Waals surface area contributed by atoms with Crippen LogP contribution in [0.25, 0.3) is 10.2 Å². The highest BCUT2D eigenvalue weighted by atomic mass is 32.1. The number of hydrogen-bond donors (Lipinski definition) is 0. The number of fused-ring (bicyclic) bond motifs is 2. The fourth-order valence-corrected chi connectivity index (χ4v) is 3.67. The van der Waals surface area contributed by atoms with Gasteiger partial charge in [-0.25, -0.2) is 4.98 Å². The van der Waals surface area contributed by atoms with E-state index in [9.17, 15) is 4.79 Å². The Balaban J connectivity index is 1.59. The second kappa shape index (κ2) is 4.97.